The molecule has 4 aromatic rings. The van der Waals surface area contributed by atoms with Crippen LogP contribution in [0, 0.1) is 0 Å². The zero-order valence-corrected chi connectivity index (χ0v) is 16.8. The molecule has 3 aromatic heterocycles. The van der Waals surface area contributed by atoms with Crippen LogP contribution in [-0.4, -0.2) is 29.7 Å². The lowest BCUT2D eigenvalue weighted by atomic mass is 10.2. The maximum Gasteiger partial charge on any atom is 0.417 e. The molecule has 0 bridgehead atoms. The fourth-order valence-corrected chi connectivity index (χ4v) is 3.06. The van der Waals surface area contributed by atoms with E-state index < -0.39 is 22.8 Å². The van der Waals surface area contributed by atoms with Gasteiger partial charge in [-0.05, 0) is 28.9 Å². The quantitative estimate of drug-likeness (QED) is 0.441. The van der Waals surface area contributed by atoms with E-state index in [-0.39, 0.29) is 17.1 Å². The predicted octanol–water partition coefficient (Wildman–Crippen LogP) is 4.81. The summed E-state index contributed by atoms with van der Waals surface area (Å²) in [6.45, 7) is 1.75. The molecule has 0 aliphatic carbocycles. The molecule has 0 fully saturated rings. The second-order valence-corrected chi connectivity index (χ2v) is 7.24. The molecule has 150 valence electrons. The fraction of sp³-hybridized carbons (Fsp3) is 0.188. The summed E-state index contributed by atoms with van der Waals surface area (Å²) < 4.78 is 46.7. The van der Waals surface area contributed by atoms with E-state index >= 15 is 0 Å². The third kappa shape index (κ3) is 3.90. The Balaban J connectivity index is 1.62. The van der Waals surface area contributed by atoms with E-state index in [0.717, 1.165) is 12.1 Å². The van der Waals surface area contributed by atoms with Crippen LogP contribution in [0.25, 0.3) is 17.0 Å². The Morgan fingerprint density at radius 1 is 1.21 bits per heavy atom. The second kappa shape index (κ2) is 7.26. The van der Waals surface area contributed by atoms with Crippen LogP contribution in [0.2, 0.25) is 5.02 Å². The lowest BCUT2D eigenvalue weighted by Gasteiger charge is -2.12. The molecule has 0 spiro atoms. The van der Waals surface area contributed by atoms with E-state index in [1.165, 1.54) is 11.0 Å². The molecule has 0 amide bonds. The summed E-state index contributed by atoms with van der Waals surface area (Å²) in [6, 6.07) is 1.46. The summed E-state index contributed by atoms with van der Waals surface area (Å²) in [6.07, 6.45) is -0.129. The summed E-state index contributed by atoms with van der Waals surface area (Å²) in [5.41, 5.74) is -0.837. The molecule has 1 atom stereocenters. The number of nitrogens with one attached hydrogen (secondary N) is 1. The van der Waals surface area contributed by atoms with Gasteiger partial charge in [-0.2, -0.15) is 27.9 Å². The number of hydrogen-bond acceptors (Lipinski definition) is 7. The Bertz CT molecular complexity index is 1180. The lowest BCUT2D eigenvalue weighted by Crippen LogP contribution is -2.15. The highest BCUT2D eigenvalue weighted by Gasteiger charge is 2.34. The second-order valence-electron chi connectivity index (χ2n) is 5.91. The van der Waals surface area contributed by atoms with Crippen molar-refractivity contribution < 1.29 is 17.6 Å². The summed E-state index contributed by atoms with van der Waals surface area (Å²) in [5.74, 6) is 0.747. The molecule has 0 saturated heterocycles. The van der Waals surface area contributed by atoms with Crippen molar-refractivity contribution in [3.63, 3.8) is 0 Å². The van der Waals surface area contributed by atoms with Crippen LogP contribution in [0.5, 0.6) is 0 Å². The molecule has 4 rings (SSSR count). The molecule has 1 aromatic carbocycles. The number of rotatable bonds is 4. The lowest BCUT2D eigenvalue weighted by molar-refractivity contribution is -0.137. The van der Waals surface area contributed by atoms with Gasteiger partial charge in [0.1, 0.15) is 11.8 Å². The topological polar surface area (TPSA) is 94.6 Å². The minimum Gasteiger partial charge on any atom is -0.423 e. The SMILES string of the molecule is CC(Nc1nc2cc(C(F)(F)F)c(Cl)cc2o1)c1ncnn1-c1ncc(Br)cn1. The van der Waals surface area contributed by atoms with Gasteiger partial charge in [0, 0.05) is 18.5 Å². The number of anilines is 1. The van der Waals surface area contributed by atoms with Crippen molar-refractivity contribution in [3.05, 3.63) is 51.7 Å². The van der Waals surface area contributed by atoms with Crippen molar-refractivity contribution in [2.75, 3.05) is 5.32 Å². The molecular formula is C16H10BrClF3N7O. The van der Waals surface area contributed by atoms with Gasteiger partial charge in [0.2, 0.25) is 0 Å². The van der Waals surface area contributed by atoms with Crippen molar-refractivity contribution >= 4 is 44.6 Å². The van der Waals surface area contributed by atoms with E-state index in [1.807, 2.05) is 0 Å². The highest BCUT2D eigenvalue weighted by Crippen LogP contribution is 2.37. The van der Waals surface area contributed by atoms with Gasteiger partial charge in [-0.1, -0.05) is 11.6 Å². The maximum absolute atomic E-state index is 13.0. The third-order valence-electron chi connectivity index (χ3n) is 3.88. The number of aromatic nitrogens is 6. The molecule has 3 heterocycles. The molecule has 1 unspecified atom stereocenters. The van der Waals surface area contributed by atoms with Gasteiger partial charge < -0.3 is 9.73 Å². The van der Waals surface area contributed by atoms with E-state index in [0.29, 0.717) is 16.2 Å². The molecule has 0 radical (unpaired) electrons. The zero-order chi connectivity index (χ0) is 20.8. The van der Waals surface area contributed by atoms with Crippen LogP contribution in [0.15, 0.2) is 39.7 Å². The van der Waals surface area contributed by atoms with Crippen molar-refractivity contribution in [2.24, 2.45) is 0 Å². The largest absolute Gasteiger partial charge is 0.423 e. The summed E-state index contributed by atoms with van der Waals surface area (Å²) in [7, 11) is 0. The predicted molar refractivity (Wildman–Crippen MR) is 101 cm³/mol. The smallest absolute Gasteiger partial charge is 0.417 e. The van der Waals surface area contributed by atoms with Gasteiger partial charge in [-0.15, -0.1) is 0 Å². The van der Waals surface area contributed by atoms with Gasteiger partial charge in [0.05, 0.1) is 21.1 Å². The first kappa shape index (κ1) is 19.6. The summed E-state index contributed by atoms with van der Waals surface area (Å²) in [5, 5.41) is 6.58. The number of hydrogen-bond donors (Lipinski definition) is 1. The summed E-state index contributed by atoms with van der Waals surface area (Å²) >= 11 is 8.97. The monoisotopic (exact) mass is 487 g/mol. The van der Waals surface area contributed by atoms with Gasteiger partial charge >= 0.3 is 6.18 Å². The first-order chi connectivity index (χ1) is 13.7. The molecule has 0 aliphatic heterocycles. The van der Waals surface area contributed by atoms with E-state index in [1.54, 1.807) is 19.3 Å². The van der Waals surface area contributed by atoms with Crippen molar-refractivity contribution in [2.45, 2.75) is 19.1 Å². The van der Waals surface area contributed by atoms with Gasteiger partial charge in [-0.3, -0.25) is 0 Å². The molecule has 8 nitrogen and oxygen atoms in total. The Kier molecular flexibility index (Phi) is 4.90. The Morgan fingerprint density at radius 2 is 1.93 bits per heavy atom. The maximum atomic E-state index is 13.0. The normalized spacial score (nSPS) is 13.0. The van der Waals surface area contributed by atoms with Crippen LogP contribution < -0.4 is 5.32 Å². The average Bonchev–Trinajstić information content (AvgIpc) is 3.27. The molecule has 29 heavy (non-hydrogen) atoms. The van der Waals surface area contributed by atoms with Gasteiger partial charge in [0.15, 0.2) is 11.4 Å². The van der Waals surface area contributed by atoms with E-state index in [4.69, 9.17) is 16.0 Å². The molecule has 1 N–H and O–H groups in total. The van der Waals surface area contributed by atoms with Crippen molar-refractivity contribution in [3.8, 4) is 5.95 Å². The number of halogens is 5. The minimum absolute atomic E-state index is 0.00849. The Morgan fingerprint density at radius 3 is 2.62 bits per heavy atom. The van der Waals surface area contributed by atoms with Crippen LogP contribution in [0.4, 0.5) is 19.2 Å². The zero-order valence-electron chi connectivity index (χ0n) is 14.4. The third-order valence-corrected chi connectivity index (χ3v) is 4.60. The van der Waals surface area contributed by atoms with E-state index in [2.05, 4.69) is 46.3 Å². The minimum atomic E-state index is -4.59. The molecule has 13 heteroatoms. The number of alkyl halides is 3. The summed E-state index contributed by atoms with van der Waals surface area (Å²) in [4.78, 5) is 16.6. The Hall–Kier alpha value is -2.73. The molecule has 0 aliphatic rings. The number of nitrogens with zero attached hydrogens (tertiary/aromatic N) is 6. The number of oxazole rings is 1. The fourth-order valence-electron chi connectivity index (χ4n) is 2.59. The van der Waals surface area contributed by atoms with Crippen LogP contribution in [0.1, 0.15) is 24.4 Å². The molecular weight excluding hydrogens is 479 g/mol. The van der Waals surface area contributed by atoms with Crippen molar-refractivity contribution in [1.82, 2.24) is 29.7 Å². The van der Waals surface area contributed by atoms with Crippen LogP contribution in [-0.2, 0) is 6.18 Å². The Labute approximate surface area is 174 Å². The van der Waals surface area contributed by atoms with Crippen LogP contribution in [0.3, 0.4) is 0 Å². The van der Waals surface area contributed by atoms with Gasteiger partial charge in [-0.25, -0.2) is 15.0 Å². The first-order valence-electron chi connectivity index (χ1n) is 8.04. The first-order valence-corrected chi connectivity index (χ1v) is 9.21. The number of fused-ring (bicyclic) bond motifs is 1. The van der Waals surface area contributed by atoms with E-state index in [9.17, 15) is 13.2 Å². The number of benzene rings is 1. The highest BCUT2D eigenvalue weighted by molar-refractivity contribution is 9.10. The van der Waals surface area contributed by atoms with Crippen LogP contribution >= 0.6 is 27.5 Å². The molecule has 0 saturated carbocycles. The highest BCUT2D eigenvalue weighted by atomic mass is 79.9. The van der Waals surface area contributed by atoms with Gasteiger partial charge in [0.25, 0.3) is 12.0 Å². The van der Waals surface area contributed by atoms with Crippen molar-refractivity contribution in [1.29, 1.82) is 0 Å². The average molecular weight is 489 g/mol. The standard InChI is InChI=1S/C16H10BrClF3N7O/c1-7(13-24-6-25-28(13)14-22-4-8(17)5-23-14)26-15-27-11-2-9(16(19,20)21)10(18)3-12(11)29-15/h2-7H,1H3,(H,26,27).